The van der Waals surface area contributed by atoms with Crippen LogP contribution in [0.15, 0.2) is 18.3 Å². The van der Waals surface area contributed by atoms with Crippen LogP contribution >= 0.6 is 0 Å². The van der Waals surface area contributed by atoms with Gasteiger partial charge in [-0.1, -0.05) is 0 Å². The maximum absolute atomic E-state index is 12.7. The highest BCUT2D eigenvalue weighted by Gasteiger charge is 2.36. The molecule has 0 aliphatic rings. The molecule has 3 N–H and O–H groups in total. The second-order valence-electron chi connectivity index (χ2n) is 7.68. The van der Waals surface area contributed by atoms with E-state index in [-0.39, 0.29) is 23.1 Å². The van der Waals surface area contributed by atoms with E-state index >= 15 is 0 Å². The zero-order chi connectivity index (χ0) is 18.3. The lowest BCUT2D eigenvalue weighted by Crippen LogP contribution is -2.57. The number of nitrogens with zero attached hydrogens (tertiary/aromatic N) is 4. The van der Waals surface area contributed by atoms with Gasteiger partial charge in [-0.15, -0.1) is 5.10 Å². The first kappa shape index (κ1) is 18.2. The monoisotopic (exact) mass is 333 g/mol. The van der Waals surface area contributed by atoms with E-state index < -0.39 is 7.12 Å². The van der Waals surface area contributed by atoms with Crippen LogP contribution in [-0.2, 0) is 0 Å². The van der Waals surface area contributed by atoms with E-state index in [1.54, 1.807) is 11.1 Å². The van der Waals surface area contributed by atoms with E-state index in [1.807, 2.05) is 41.5 Å². The van der Waals surface area contributed by atoms with E-state index in [2.05, 4.69) is 15.4 Å². The number of pyridine rings is 1. The van der Waals surface area contributed by atoms with Crippen molar-refractivity contribution in [2.75, 3.05) is 5.32 Å². The molecular formula is C15H24BN5O3. The molecule has 0 unspecified atom stereocenters. The molecule has 0 aromatic carbocycles. The molecule has 2 aromatic heterocycles. The first-order valence-corrected chi connectivity index (χ1v) is 7.73. The quantitative estimate of drug-likeness (QED) is 0.707. The predicted octanol–water partition coefficient (Wildman–Crippen LogP) is 0.840. The zero-order valence-corrected chi connectivity index (χ0v) is 14.9. The summed E-state index contributed by atoms with van der Waals surface area (Å²) in [5, 5.41) is 25.3. The first-order valence-electron chi connectivity index (χ1n) is 7.73. The average Bonchev–Trinajstić information content (AvgIpc) is 2.75. The fraction of sp³-hybridized carbons (Fsp3) is 0.533. The lowest BCUT2D eigenvalue weighted by Gasteiger charge is -2.44. The van der Waals surface area contributed by atoms with Crippen LogP contribution in [0.3, 0.4) is 0 Å². The van der Waals surface area contributed by atoms with Gasteiger partial charge in [0.05, 0.1) is 0 Å². The highest BCUT2D eigenvalue weighted by atomic mass is 16.4. The Hall–Kier alpha value is -2.13. The minimum Gasteiger partial charge on any atom is -0.423 e. The maximum Gasteiger partial charge on any atom is 0.488 e. The highest BCUT2D eigenvalue weighted by molar-refractivity contribution is 6.58. The van der Waals surface area contributed by atoms with Gasteiger partial charge < -0.3 is 14.9 Å². The van der Waals surface area contributed by atoms with Crippen molar-refractivity contribution in [2.45, 2.75) is 52.6 Å². The molecule has 130 valence electrons. The van der Waals surface area contributed by atoms with E-state index in [9.17, 15) is 14.8 Å². The topological polar surface area (TPSA) is 103 Å². The van der Waals surface area contributed by atoms with E-state index in [0.717, 1.165) is 0 Å². The molecule has 2 rings (SSSR count). The average molecular weight is 333 g/mol. The minimum absolute atomic E-state index is 0.156. The van der Waals surface area contributed by atoms with Gasteiger partial charge in [-0.25, -0.2) is 9.31 Å². The van der Waals surface area contributed by atoms with Crippen LogP contribution < -0.4 is 10.8 Å². The fourth-order valence-electron chi connectivity index (χ4n) is 2.88. The first-order chi connectivity index (χ1) is 10.9. The van der Waals surface area contributed by atoms with Crippen LogP contribution in [0.4, 0.5) is 10.7 Å². The SMILES string of the molecule is CC(C)(C)N(C(=O)Nc1nc2cc(B(O)O)ccn2n1)C(C)(C)C. The van der Waals surface area contributed by atoms with Crippen LogP contribution in [-0.4, -0.2) is 53.8 Å². The summed E-state index contributed by atoms with van der Waals surface area (Å²) in [6.45, 7) is 11.8. The molecule has 8 nitrogen and oxygen atoms in total. The van der Waals surface area contributed by atoms with Gasteiger partial charge in [-0.3, -0.25) is 5.32 Å². The van der Waals surface area contributed by atoms with E-state index in [0.29, 0.717) is 11.1 Å². The number of fused-ring (bicyclic) bond motifs is 1. The Morgan fingerprint density at radius 2 is 1.79 bits per heavy atom. The Bertz CT molecular complexity index is 732. The van der Waals surface area contributed by atoms with Gasteiger partial charge >= 0.3 is 13.1 Å². The van der Waals surface area contributed by atoms with Gasteiger partial charge in [0.2, 0.25) is 0 Å². The Morgan fingerprint density at radius 1 is 1.21 bits per heavy atom. The molecular weight excluding hydrogens is 309 g/mol. The van der Waals surface area contributed by atoms with Gasteiger partial charge in [0.25, 0.3) is 5.95 Å². The molecule has 0 spiro atoms. The summed E-state index contributed by atoms with van der Waals surface area (Å²) in [6.07, 6.45) is 1.55. The molecule has 9 heteroatoms. The van der Waals surface area contributed by atoms with E-state index in [4.69, 9.17) is 0 Å². The van der Waals surface area contributed by atoms with Crippen LogP contribution in [0.5, 0.6) is 0 Å². The number of rotatable bonds is 2. The molecule has 2 heterocycles. The van der Waals surface area contributed by atoms with Crippen molar-refractivity contribution in [1.29, 1.82) is 0 Å². The summed E-state index contributed by atoms with van der Waals surface area (Å²) in [7, 11) is -1.58. The van der Waals surface area contributed by atoms with Gasteiger partial charge in [0.15, 0.2) is 5.65 Å². The lowest BCUT2D eigenvalue weighted by molar-refractivity contribution is 0.0827. The second-order valence-corrected chi connectivity index (χ2v) is 7.68. The Kier molecular flexibility index (Phi) is 4.60. The summed E-state index contributed by atoms with van der Waals surface area (Å²) in [5.74, 6) is 0.156. The standard InChI is InChI=1S/C15H24BN5O3/c1-14(2,3)21(15(4,5)6)13(22)18-12-17-11-9-10(16(23)24)7-8-20(11)19-12/h7-9,23-24H,1-6H3,(H,18,19,22). The third-order valence-corrected chi connectivity index (χ3v) is 3.42. The molecule has 0 bridgehead atoms. The number of nitrogens with one attached hydrogen (secondary N) is 1. The third-order valence-electron chi connectivity index (χ3n) is 3.42. The molecule has 2 aromatic rings. The summed E-state index contributed by atoms with van der Waals surface area (Å²) in [4.78, 5) is 18.6. The number of carbonyl (C=O) groups is 1. The number of anilines is 1. The number of hydrogen-bond donors (Lipinski definition) is 3. The smallest absolute Gasteiger partial charge is 0.423 e. The molecule has 0 aliphatic heterocycles. The minimum atomic E-state index is -1.58. The summed E-state index contributed by atoms with van der Waals surface area (Å²) >= 11 is 0. The second kappa shape index (κ2) is 6.06. The molecule has 0 atom stereocenters. The van der Waals surface area contributed by atoms with Crippen molar-refractivity contribution in [2.24, 2.45) is 0 Å². The Labute approximate surface area is 141 Å². The number of amides is 2. The van der Waals surface area contributed by atoms with Crippen LogP contribution in [0.2, 0.25) is 0 Å². The molecule has 0 aliphatic carbocycles. The van der Waals surface area contributed by atoms with Crippen molar-refractivity contribution < 1.29 is 14.8 Å². The fourth-order valence-corrected chi connectivity index (χ4v) is 2.88. The summed E-state index contributed by atoms with van der Waals surface area (Å²) < 4.78 is 1.46. The van der Waals surface area contributed by atoms with Crippen molar-refractivity contribution >= 4 is 30.2 Å². The predicted molar refractivity (Wildman–Crippen MR) is 93.2 cm³/mol. The number of carbonyl (C=O) groups excluding carboxylic acids is 1. The molecule has 2 amide bonds. The summed E-state index contributed by atoms with van der Waals surface area (Å²) in [5.41, 5.74) is -0.0431. The Morgan fingerprint density at radius 3 is 2.29 bits per heavy atom. The molecule has 0 saturated carbocycles. The molecule has 0 radical (unpaired) electrons. The van der Waals surface area contributed by atoms with Gasteiger partial charge in [0, 0.05) is 17.3 Å². The molecule has 0 saturated heterocycles. The molecule has 0 fully saturated rings. The highest BCUT2D eigenvalue weighted by Crippen LogP contribution is 2.25. The van der Waals surface area contributed by atoms with Crippen molar-refractivity contribution in [3.05, 3.63) is 18.3 Å². The van der Waals surface area contributed by atoms with E-state index in [1.165, 1.54) is 16.6 Å². The van der Waals surface area contributed by atoms with Gasteiger partial charge in [-0.2, -0.15) is 4.98 Å². The molecule has 24 heavy (non-hydrogen) atoms. The van der Waals surface area contributed by atoms with Crippen LogP contribution in [0.25, 0.3) is 5.65 Å². The van der Waals surface area contributed by atoms with Crippen molar-refractivity contribution in [3.63, 3.8) is 0 Å². The third kappa shape index (κ3) is 3.85. The Balaban J connectivity index is 2.29. The normalized spacial score (nSPS) is 12.3. The number of aromatic nitrogens is 3. The summed E-state index contributed by atoms with van der Waals surface area (Å²) in [6, 6.07) is 2.72. The van der Waals surface area contributed by atoms with Crippen molar-refractivity contribution in [1.82, 2.24) is 19.5 Å². The number of urea groups is 1. The van der Waals surface area contributed by atoms with Crippen LogP contribution in [0, 0.1) is 0 Å². The number of hydrogen-bond acceptors (Lipinski definition) is 5. The van der Waals surface area contributed by atoms with Crippen molar-refractivity contribution in [3.8, 4) is 0 Å². The zero-order valence-electron chi connectivity index (χ0n) is 14.9. The lowest BCUT2D eigenvalue weighted by atomic mass is 9.81. The maximum atomic E-state index is 12.7. The van der Waals surface area contributed by atoms with Gasteiger partial charge in [-0.05, 0) is 59.1 Å². The van der Waals surface area contributed by atoms with Gasteiger partial charge in [0.1, 0.15) is 0 Å². The van der Waals surface area contributed by atoms with Crippen LogP contribution in [0.1, 0.15) is 41.5 Å². The largest absolute Gasteiger partial charge is 0.488 e.